The van der Waals surface area contributed by atoms with Crippen LogP contribution in [0, 0.1) is 18.3 Å². The fourth-order valence-electron chi connectivity index (χ4n) is 2.94. The van der Waals surface area contributed by atoms with Crippen molar-refractivity contribution in [3.05, 3.63) is 53.6 Å². The predicted molar refractivity (Wildman–Crippen MR) is 116 cm³/mol. The number of methoxy groups -OCH3 is 2. The Labute approximate surface area is 175 Å². The molecule has 1 unspecified atom stereocenters. The molecular weight excluding hydrogens is 422 g/mol. The van der Waals surface area contributed by atoms with Gasteiger partial charge in [0, 0.05) is 10.2 Å². The van der Waals surface area contributed by atoms with Crippen LogP contribution in [0.4, 0.5) is 0 Å². The van der Waals surface area contributed by atoms with Crippen molar-refractivity contribution in [3.8, 4) is 17.6 Å². The minimum Gasteiger partial charge on any atom is -0.493 e. The van der Waals surface area contributed by atoms with Crippen LogP contribution < -0.4 is 9.47 Å². The van der Waals surface area contributed by atoms with Crippen LogP contribution in [-0.2, 0) is 4.75 Å². The first-order valence-corrected chi connectivity index (χ1v) is 11.0. The van der Waals surface area contributed by atoms with Gasteiger partial charge in [-0.3, -0.25) is 0 Å². The average molecular weight is 448 g/mol. The molecular formula is C22H26BrNO2S. The first-order valence-electron chi connectivity index (χ1n) is 9.04. The number of nitrogens with zero attached hydrogens (tertiary/aromatic N) is 1. The molecule has 27 heavy (non-hydrogen) atoms. The minimum absolute atomic E-state index is 0.652. The Hall–Kier alpha value is -1.64. The maximum Gasteiger partial charge on any atom is 0.161 e. The van der Waals surface area contributed by atoms with Gasteiger partial charge in [-0.1, -0.05) is 64.3 Å². The molecule has 0 saturated carbocycles. The standard InChI is InChI=1S/C22H26BrNO2S/c1-17-7-10-19(11-8-17)27-22(16-24,13-5-4-6-14-23)18-9-12-20(25-2)21(15-18)26-3/h7-12,15H,4-6,13-14H2,1-3H3. The van der Waals surface area contributed by atoms with Crippen LogP contribution >= 0.6 is 27.7 Å². The summed E-state index contributed by atoms with van der Waals surface area (Å²) in [6, 6.07) is 16.8. The monoisotopic (exact) mass is 447 g/mol. The molecule has 3 nitrogen and oxygen atoms in total. The average Bonchev–Trinajstić information content (AvgIpc) is 2.71. The molecule has 5 heteroatoms. The van der Waals surface area contributed by atoms with Gasteiger partial charge in [0.15, 0.2) is 11.5 Å². The van der Waals surface area contributed by atoms with E-state index < -0.39 is 4.75 Å². The summed E-state index contributed by atoms with van der Waals surface area (Å²) in [4.78, 5) is 1.09. The highest BCUT2D eigenvalue weighted by Gasteiger charge is 2.34. The number of thioether (sulfide) groups is 1. The fraction of sp³-hybridized carbons (Fsp3) is 0.409. The molecule has 0 N–H and O–H groups in total. The van der Waals surface area contributed by atoms with Crippen molar-refractivity contribution >= 4 is 27.7 Å². The Bertz CT molecular complexity index is 773. The van der Waals surface area contributed by atoms with Crippen molar-refractivity contribution in [3.63, 3.8) is 0 Å². The molecule has 2 rings (SSSR count). The SMILES string of the molecule is COc1ccc(C(C#N)(CCCCCBr)Sc2ccc(C)cc2)cc1OC. The number of halogens is 1. The molecule has 1 atom stereocenters. The number of rotatable bonds is 10. The second kappa shape index (κ2) is 10.6. The van der Waals surface area contributed by atoms with Gasteiger partial charge in [0.1, 0.15) is 4.75 Å². The first kappa shape index (κ1) is 21.7. The number of unbranched alkanes of at least 4 members (excludes halogenated alkanes) is 2. The van der Waals surface area contributed by atoms with Gasteiger partial charge in [-0.15, -0.1) is 0 Å². The number of ether oxygens (including phenoxy) is 2. The minimum atomic E-state index is -0.666. The van der Waals surface area contributed by atoms with E-state index in [-0.39, 0.29) is 0 Å². The van der Waals surface area contributed by atoms with E-state index in [2.05, 4.69) is 53.2 Å². The Balaban J connectivity index is 2.40. The summed E-state index contributed by atoms with van der Waals surface area (Å²) in [5, 5.41) is 11.2. The molecule has 0 aliphatic carbocycles. The van der Waals surface area contributed by atoms with Crippen LogP contribution in [0.2, 0.25) is 0 Å². The second-order valence-corrected chi connectivity index (χ2v) is 8.59. The van der Waals surface area contributed by atoms with Crippen molar-refractivity contribution in [2.45, 2.75) is 42.2 Å². The second-order valence-electron chi connectivity index (χ2n) is 6.42. The zero-order chi connectivity index (χ0) is 19.7. The molecule has 0 aromatic heterocycles. The van der Waals surface area contributed by atoms with Crippen molar-refractivity contribution in [2.75, 3.05) is 19.5 Å². The molecule has 0 saturated heterocycles. The van der Waals surface area contributed by atoms with E-state index in [1.54, 1.807) is 26.0 Å². The van der Waals surface area contributed by atoms with E-state index >= 15 is 0 Å². The highest BCUT2D eigenvalue weighted by atomic mass is 79.9. The van der Waals surface area contributed by atoms with Gasteiger partial charge >= 0.3 is 0 Å². The number of aryl methyl sites for hydroxylation is 1. The smallest absolute Gasteiger partial charge is 0.161 e. The highest BCUT2D eigenvalue weighted by molar-refractivity contribution is 9.09. The summed E-state index contributed by atoms with van der Waals surface area (Å²) in [6.45, 7) is 2.07. The Morgan fingerprint density at radius 1 is 1.00 bits per heavy atom. The number of benzene rings is 2. The summed E-state index contributed by atoms with van der Waals surface area (Å²) in [5.41, 5.74) is 2.16. The van der Waals surface area contributed by atoms with Crippen molar-refractivity contribution in [2.24, 2.45) is 0 Å². The molecule has 0 aliphatic rings. The fourth-order valence-corrected chi connectivity index (χ4v) is 4.55. The van der Waals surface area contributed by atoms with Crippen LogP contribution in [0.1, 0.15) is 36.8 Å². The molecule has 0 bridgehead atoms. The van der Waals surface area contributed by atoms with Crippen LogP contribution in [0.25, 0.3) is 0 Å². The van der Waals surface area contributed by atoms with Gasteiger partial charge in [0.25, 0.3) is 0 Å². The first-order chi connectivity index (χ1) is 13.1. The number of hydrogen-bond acceptors (Lipinski definition) is 4. The molecule has 144 valence electrons. The van der Waals surface area contributed by atoms with Crippen LogP contribution in [0.3, 0.4) is 0 Å². The lowest BCUT2D eigenvalue weighted by molar-refractivity contribution is 0.354. The number of nitriles is 1. The summed E-state index contributed by atoms with van der Waals surface area (Å²) >= 11 is 5.11. The lowest BCUT2D eigenvalue weighted by Crippen LogP contribution is -2.20. The molecule has 0 amide bonds. The van der Waals surface area contributed by atoms with E-state index in [1.165, 1.54) is 5.56 Å². The lowest BCUT2D eigenvalue weighted by atomic mass is 9.93. The lowest BCUT2D eigenvalue weighted by Gasteiger charge is -2.27. The molecule has 0 fully saturated rings. The molecule has 0 aliphatic heterocycles. The maximum atomic E-state index is 10.2. The quantitative estimate of drug-likeness (QED) is 0.237. The van der Waals surface area contributed by atoms with Gasteiger partial charge < -0.3 is 9.47 Å². The van der Waals surface area contributed by atoms with Crippen LogP contribution in [0.5, 0.6) is 11.5 Å². The number of hydrogen-bond donors (Lipinski definition) is 0. The van der Waals surface area contributed by atoms with Crippen molar-refractivity contribution in [1.82, 2.24) is 0 Å². The third-order valence-electron chi connectivity index (χ3n) is 4.51. The highest BCUT2D eigenvalue weighted by Crippen LogP contribution is 2.47. The third-order valence-corrected chi connectivity index (χ3v) is 6.45. The zero-order valence-corrected chi connectivity index (χ0v) is 18.5. The predicted octanol–water partition coefficient (Wildman–Crippen LogP) is 6.48. The Kier molecular flexibility index (Phi) is 8.53. The molecule has 2 aromatic rings. The molecule has 2 aromatic carbocycles. The zero-order valence-electron chi connectivity index (χ0n) is 16.1. The normalized spacial score (nSPS) is 12.9. The van der Waals surface area contributed by atoms with Gasteiger partial charge in [0.2, 0.25) is 0 Å². The number of alkyl halides is 1. The van der Waals surface area contributed by atoms with Gasteiger partial charge in [-0.2, -0.15) is 5.26 Å². The van der Waals surface area contributed by atoms with Crippen LogP contribution in [-0.4, -0.2) is 19.5 Å². The van der Waals surface area contributed by atoms with E-state index in [9.17, 15) is 5.26 Å². The largest absolute Gasteiger partial charge is 0.493 e. The maximum absolute atomic E-state index is 10.2. The summed E-state index contributed by atoms with van der Waals surface area (Å²) in [7, 11) is 3.25. The molecule has 0 radical (unpaired) electrons. The third kappa shape index (κ3) is 5.67. The Morgan fingerprint density at radius 3 is 2.30 bits per heavy atom. The van der Waals surface area contributed by atoms with Crippen molar-refractivity contribution < 1.29 is 9.47 Å². The molecule has 0 heterocycles. The van der Waals surface area contributed by atoms with E-state index in [0.717, 1.165) is 41.5 Å². The van der Waals surface area contributed by atoms with E-state index in [0.29, 0.717) is 11.5 Å². The van der Waals surface area contributed by atoms with E-state index in [1.807, 2.05) is 18.2 Å². The van der Waals surface area contributed by atoms with Gasteiger partial charge in [0.05, 0.1) is 20.3 Å². The van der Waals surface area contributed by atoms with Crippen molar-refractivity contribution in [1.29, 1.82) is 5.26 Å². The molecule has 0 spiro atoms. The Morgan fingerprint density at radius 2 is 1.70 bits per heavy atom. The topological polar surface area (TPSA) is 42.2 Å². The summed E-state index contributed by atoms with van der Waals surface area (Å²) in [5.74, 6) is 1.33. The summed E-state index contributed by atoms with van der Waals surface area (Å²) < 4.78 is 10.2. The van der Waals surface area contributed by atoms with Gasteiger partial charge in [-0.25, -0.2) is 0 Å². The van der Waals surface area contributed by atoms with Gasteiger partial charge in [-0.05, 0) is 49.6 Å². The van der Waals surface area contributed by atoms with E-state index in [4.69, 9.17) is 9.47 Å². The summed E-state index contributed by atoms with van der Waals surface area (Å²) in [6.07, 6.45) is 3.98. The van der Waals surface area contributed by atoms with Crippen LogP contribution in [0.15, 0.2) is 47.4 Å².